The zero-order chi connectivity index (χ0) is 23.4. The molecule has 1 aliphatic rings. The first-order valence-electron chi connectivity index (χ1n) is 9.56. The molecule has 0 radical (unpaired) electrons. The fraction of sp³-hybridized carbons (Fsp3) is 0.316. The number of carboxylic acids is 2. The van der Waals surface area contributed by atoms with Crippen molar-refractivity contribution in [2.75, 3.05) is 17.2 Å². The number of anilines is 2. The summed E-state index contributed by atoms with van der Waals surface area (Å²) in [4.78, 5) is 62.8. The Morgan fingerprint density at radius 3 is 2.47 bits per heavy atom. The highest BCUT2D eigenvalue weighted by molar-refractivity contribution is 6.01. The van der Waals surface area contributed by atoms with Crippen LogP contribution in [0, 0.1) is 0 Å². The standard InChI is InChI=1S/C19H20N6O7/c20-19-22-16(29)14(23-24-19)11-7-8-25(17(11)30)10-3-1-9(2-4-10)15(28)21-12(18(31)32)5-6-13(26)27/h1-4,11-12H,5-8H2,(H,21,28)(H,26,27)(H,31,32)(H3,20,22,24,29). The van der Waals surface area contributed by atoms with E-state index in [0.717, 1.165) is 0 Å². The second-order valence-electron chi connectivity index (χ2n) is 7.10. The van der Waals surface area contributed by atoms with Crippen LogP contribution in [-0.4, -0.2) is 61.7 Å². The first-order chi connectivity index (χ1) is 15.2. The molecule has 1 aromatic carbocycles. The number of aromatic nitrogens is 3. The van der Waals surface area contributed by atoms with Gasteiger partial charge >= 0.3 is 11.9 Å². The van der Waals surface area contributed by atoms with Gasteiger partial charge in [0.1, 0.15) is 11.7 Å². The molecule has 1 saturated heterocycles. The molecule has 0 spiro atoms. The van der Waals surface area contributed by atoms with Crippen LogP contribution >= 0.6 is 0 Å². The Balaban J connectivity index is 1.69. The third-order valence-corrected chi connectivity index (χ3v) is 4.97. The summed E-state index contributed by atoms with van der Waals surface area (Å²) < 4.78 is 0. The van der Waals surface area contributed by atoms with Crippen LogP contribution in [0.1, 0.15) is 41.2 Å². The van der Waals surface area contributed by atoms with Crippen molar-refractivity contribution in [2.24, 2.45) is 0 Å². The number of rotatable bonds is 8. The highest BCUT2D eigenvalue weighted by atomic mass is 16.4. The summed E-state index contributed by atoms with van der Waals surface area (Å²) in [5, 5.41) is 27.5. The molecule has 13 heteroatoms. The van der Waals surface area contributed by atoms with E-state index in [1.165, 1.54) is 29.2 Å². The highest BCUT2D eigenvalue weighted by Gasteiger charge is 2.36. The molecular weight excluding hydrogens is 424 g/mol. The lowest BCUT2D eigenvalue weighted by Gasteiger charge is -2.17. The number of aliphatic carboxylic acids is 2. The molecule has 13 nitrogen and oxygen atoms in total. The van der Waals surface area contributed by atoms with E-state index < -0.39 is 41.8 Å². The molecular formula is C19H20N6O7. The van der Waals surface area contributed by atoms with Crippen molar-refractivity contribution in [3.8, 4) is 0 Å². The Labute approximate surface area is 180 Å². The number of carboxylic acid groups (broad SMARTS) is 2. The predicted octanol–water partition coefficient (Wildman–Crippen LogP) is -0.685. The molecule has 1 aliphatic heterocycles. The number of nitrogen functional groups attached to an aromatic ring is 1. The summed E-state index contributed by atoms with van der Waals surface area (Å²) in [6.07, 6.45) is -0.326. The molecule has 2 atom stereocenters. The van der Waals surface area contributed by atoms with E-state index in [2.05, 4.69) is 20.5 Å². The van der Waals surface area contributed by atoms with Crippen molar-refractivity contribution < 1.29 is 29.4 Å². The molecule has 6 N–H and O–H groups in total. The zero-order valence-corrected chi connectivity index (χ0v) is 16.6. The third kappa shape index (κ3) is 4.88. The molecule has 2 unspecified atom stereocenters. The van der Waals surface area contributed by atoms with Crippen molar-refractivity contribution in [3.63, 3.8) is 0 Å². The summed E-state index contributed by atoms with van der Waals surface area (Å²) in [6.45, 7) is 0.316. The highest BCUT2D eigenvalue weighted by Crippen LogP contribution is 2.30. The summed E-state index contributed by atoms with van der Waals surface area (Å²) in [7, 11) is 0. The summed E-state index contributed by atoms with van der Waals surface area (Å²) >= 11 is 0. The average Bonchev–Trinajstić information content (AvgIpc) is 3.11. The Morgan fingerprint density at radius 1 is 1.19 bits per heavy atom. The number of hydrogen-bond acceptors (Lipinski definition) is 8. The Bertz CT molecular complexity index is 1110. The van der Waals surface area contributed by atoms with Crippen LogP contribution in [0.3, 0.4) is 0 Å². The lowest BCUT2D eigenvalue weighted by molar-refractivity contribution is -0.140. The van der Waals surface area contributed by atoms with E-state index in [0.29, 0.717) is 18.7 Å². The van der Waals surface area contributed by atoms with Gasteiger partial charge in [-0.15, -0.1) is 10.2 Å². The third-order valence-electron chi connectivity index (χ3n) is 4.97. The predicted molar refractivity (Wildman–Crippen MR) is 109 cm³/mol. The summed E-state index contributed by atoms with van der Waals surface area (Å²) in [5.74, 6) is -4.49. The molecule has 0 saturated carbocycles. The van der Waals surface area contributed by atoms with Crippen LogP contribution in [-0.2, 0) is 14.4 Å². The minimum absolute atomic E-state index is 0.0243. The molecule has 3 rings (SSSR count). The quantitative estimate of drug-likeness (QED) is 0.346. The van der Waals surface area contributed by atoms with Crippen molar-refractivity contribution in [1.29, 1.82) is 0 Å². The number of benzene rings is 1. The van der Waals surface area contributed by atoms with Gasteiger partial charge in [0.05, 0.1) is 5.92 Å². The first-order valence-corrected chi connectivity index (χ1v) is 9.56. The monoisotopic (exact) mass is 444 g/mol. The smallest absolute Gasteiger partial charge is 0.326 e. The average molecular weight is 444 g/mol. The molecule has 0 aliphatic carbocycles. The normalized spacial score (nSPS) is 16.6. The van der Waals surface area contributed by atoms with Crippen LogP contribution in [0.5, 0.6) is 0 Å². The van der Waals surface area contributed by atoms with E-state index in [1.54, 1.807) is 0 Å². The number of hydrogen-bond donors (Lipinski definition) is 5. The van der Waals surface area contributed by atoms with Crippen LogP contribution in [0.25, 0.3) is 0 Å². The number of carbonyl (C=O) groups is 4. The molecule has 168 valence electrons. The summed E-state index contributed by atoms with van der Waals surface area (Å²) in [6, 6.07) is 4.51. The molecule has 2 amide bonds. The van der Waals surface area contributed by atoms with Gasteiger partial charge < -0.3 is 26.2 Å². The molecule has 1 fully saturated rings. The maximum Gasteiger partial charge on any atom is 0.326 e. The van der Waals surface area contributed by atoms with Crippen LogP contribution in [0.4, 0.5) is 11.6 Å². The second kappa shape index (κ2) is 9.24. The Hall–Kier alpha value is -4.29. The molecule has 0 bridgehead atoms. The first kappa shape index (κ1) is 22.4. The largest absolute Gasteiger partial charge is 0.481 e. The second-order valence-corrected chi connectivity index (χ2v) is 7.10. The maximum absolute atomic E-state index is 12.8. The van der Waals surface area contributed by atoms with E-state index in [-0.39, 0.29) is 29.5 Å². The van der Waals surface area contributed by atoms with Gasteiger partial charge in [-0.05, 0) is 37.1 Å². The van der Waals surface area contributed by atoms with Gasteiger partial charge in [-0.2, -0.15) is 0 Å². The number of amides is 2. The van der Waals surface area contributed by atoms with Crippen molar-refractivity contribution in [3.05, 3.63) is 45.9 Å². The lowest BCUT2D eigenvalue weighted by Crippen LogP contribution is -2.41. The fourth-order valence-corrected chi connectivity index (χ4v) is 3.34. The van der Waals surface area contributed by atoms with Gasteiger partial charge in [-0.25, -0.2) is 4.79 Å². The van der Waals surface area contributed by atoms with E-state index in [9.17, 15) is 24.0 Å². The van der Waals surface area contributed by atoms with Crippen molar-refractivity contribution >= 4 is 35.4 Å². The van der Waals surface area contributed by atoms with Crippen LogP contribution in [0.15, 0.2) is 29.1 Å². The van der Waals surface area contributed by atoms with Crippen LogP contribution < -0.4 is 21.5 Å². The maximum atomic E-state index is 12.8. The van der Waals surface area contributed by atoms with E-state index in [4.69, 9.17) is 15.9 Å². The molecule has 32 heavy (non-hydrogen) atoms. The van der Waals surface area contributed by atoms with E-state index >= 15 is 0 Å². The molecule has 1 aromatic heterocycles. The number of H-pyrrole nitrogens is 1. The van der Waals surface area contributed by atoms with Gasteiger partial charge in [-0.1, -0.05) is 0 Å². The Kier molecular flexibility index (Phi) is 6.47. The van der Waals surface area contributed by atoms with Gasteiger partial charge in [0.2, 0.25) is 11.9 Å². The zero-order valence-electron chi connectivity index (χ0n) is 16.6. The van der Waals surface area contributed by atoms with Crippen LogP contribution in [0.2, 0.25) is 0 Å². The minimum Gasteiger partial charge on any atom is -0.481 e. The van der Waals surface area contributed by atoms with Gasteiger partial charge in [0, 0.05) is 24.2 Å². The number of aromatic amines is 1. The van der Waals surface area contributed by atoms with Gasteiger partial charge in [0.25, 0.3) is 11.5 Å². The SMILES string of the molecule is Nc1nnc(C2CCN(c3ccc(C(=O)NC(CCC(=O)O)C(=O)O)cc3)C2=O)c(=O)[nH]1. The van der Waals surface area contributed by atoms with Crippen molar-refractivity contribution in [1.82, 2.24) is 20.5 Å². The Morgan fingerprint density at radius 2 is 1.88 bits per heavy atom. The number of carbonyl (C=O) groups excluding carboxylic acids is 2. The number of nitrogens with one attached hydrogen (secondary N) is 2. The fourth-order valence-electron chi connectivity index (χ4n) is 3.34. The topological polar surface area (TPSA) is 209 Å². The van der Waals surface area contributed by atoms with Gasteiger partial charge in [-0.3, -0.25) is 24.2 Å². The molecule has 2 heterocycles. The van der Waals surface area contributed by atoms with Gasteiger partial charge in [0.15, 0.2) is 0 Å². The number of nitrogens with zero attached hydrogens (tertiary/aromatic N) is 3. The van der Waals surface area contributed by atoms with E-state index in [1.807, 2.05) is 0 Å². The molecule has 2 aromatic rings. The summed E-state index contributed by atoms with van der Waals surface area (Å²) in [5.41, 5.74) is 5.39. The lowest BCUT2D eigenvalue weighted by atomic mass is 10.0. The number of nitrogens with two attached hydrogens (primary N) is 1. The van der Waals surface area contributed by atoms with Crippen molar-refractivity contribution in [2.45, 2.75) is 31.2 Å². The minimum atomic E-state index is -1.35.